The third kappa shape index (κ3) is 2.93. The van der Waals surface area contributed by atoms with Crippen LogP contribution < -0.4 is 0 Å². The Bertz CT molecular complexity index is 564. The van der Waals surface area contributed by atoms with Crippen LogP contribution in [0.5, 0.6) is 0 Å². The normalized spacial score (nSPS) is 10.4. The number of ketones is 1. The zero-order chi connectivity index (χ0) is 13.3. The molecule has 0 atom stereocenters. The minimum Gasteiger partial charge on any atom is -0.289 e. The van der Waals surface area contributed by atoms with Gasteiger partial charge in [-0.15, -0.1) is 0 Å². The van der Waals surface area contributed by atoms with E-state index in [0.29, 0.717) is 0 Å². The van der Waals surface area contributed by atoms with E-state index in [1.54, 1.807) is 0 Å². The van der Waals surface area contributed by atoms with E-state index in [-0.39, 0.29) is 5.78 Å². The van der Waals surface area contributed by atoms with E-state index in [2.05, 4.69) is 45.2 Å². The Balaban J connectivity index is 2.54. The molecule has 92 valence electrons. The molecule has 0 aliphatic heterocycles. The summed E-state index contributed by atoms with van der Waals surface area (Å²) in [5.74, 6) is 0.113. The van der Waals surface area contributed by atoms with Crippen LogP contribution in [0.3, 0.4) is 0 Å². The van der Waals surface area contributed by atoms with E-state index in [1.807, 2.05) is 50.2 Å². The van der Waals surface area contributed by atoms with Crippen molar-refractivity contribution in [1.82, 2.24) is 0 Å². The molecule has 3 heteroatoms. The highest BCUT2D eigenvalue weighted by Crippen LogP contribution is 2.21. The molecule has 0 heterocycles. The molecule has 0 amide bonds. The second-order valence-electron chi connectivity index (χ2n) is 4.25. The summed E-state index contributed by atoms with van der Waals surface area (Å²) >= 11 is 4.47. The summed E-state index contributed by atoms with van der Waals surface area (Å²) < 4.78 is 2.18. The minimum atomic E-state index is 0.113. The Morgan fingerprint density at radius 2 is 1.22 bits per heavy atom. The van der Waals surface area contributed by atoms with Crippen molar-refractivity contribution >= 4 is 51.0 Å². The molecule has 0 radical (unpaired) electrons. The quantitative estimate of drug-likeness (QED) is 0.466. The second kappa shape index (κ2) is 5.69. The maximum atomic E-state index is 12.6. The lowest BCUT2D eigenvalue weighted by molar-refractivity contribution is 0.103. The molecular formula is C15H12I2O. The molecule has 0 spiro atoms. The third-order valence-electron chi connectivity index (χ3n) is 2.89. The van der Waals surface area contributed by atoms with Crippen molar-refractivity contribution in [1.29, 1.82) is 0 Å². The van der Waals surface area contributed by atoms with Gasteiger partial charge in [-0.3, -0.25) is 4.79 Å². The standard InChI is InChI=1S/C15H12I2O/c1-9-3-5-11(16)7-13(9)15(18)14-8-12(17)6-4-10(14)2/h3-8H,1-2H3. The molecule has 2 aromatic rings. The van der Waals surface area contributed by atoms with Crippen molar-refractivity contribution in [3.05, 3.63) is 65.8 Å². The van der Waals surface area contributed by atoms with Gasteiger partial charge in [0.15, 0.2) is 5.78 Å². The highest BCUT2D eigenvalue weighted by molar-refractivity contribution is 14.1. The molecule has 0 bridgehead atoms. The van der Waals surface area contributed by atoms with Crippen molar-refractivity contribution in [3.63, 3.8) is 0 Å². The van der Waals surface area contributed by atoms with Crippen LogP contribution in [0.4, 0.5) is 0 Å². The number of benzene rings is 2. The summed E-state index contributed by atoms with van der Waals surface area (Å²) in [7, 11) is 0. The van der Waals surface area contributed by atoms with Gasteiger partial charge in [0.2, 0.25) is 0 Å². The molecule has 0 aliphatic carbocycles. The fraction of sp³-hybridized carbons (Fsp3) is 0.133. The first-order valence-corrected chi connectivity index (χ1v) is 7.72. The first kappa shape index (κ1) is 14.0. The Morgan fingerprint density at radius 3 is 1.61 bits per heavy atom. The van der Waals surface area contributed by atoms with Gasteiger partial charge in [-0.25, -0.2) is 0 Å². The van der Waals surface area contributed by atoms with Crippen molar-refractivity contribution in [2.45, 2.75) is 13.8 Å². The van der Waals surface area contributed by atoms with E-state index < -0.39 is 0 Å². The molecule has 0 aliphatic rings. The number of carbonyl (C=O) groups is 1. The monoisotopic (exact) mass is 462 g/mol. The van der Waals surface area contributed by atoms with Gasteiger partial charge in [0, 0.05) is 18.3 Å². The highest BCUT2D eigenvalue weighted by atomic mass is 127. The first-order valence-electron chi connectivity index (χ1n) is 5.56. The van der Waals surface area contributed by atoms with E-state index in [0.717, 1.165) is 29.4 Å². The Kier molecular flexibility index (Phi) is 4.42. The average Bonchev–Trinajstić information content (AvgIpc) is 2.34. The molecule has 0 saturated heterocycles. The molecule has 0 saturated carbocycles. The summed E-state index contributed by atoms with van der Waals surface area (Å²) in [6.07, 6.45) is 0. The zero-order valence-electron chi connectivity index (χ0n) is 10.1. The Labute approximate surface area is 134 Å². The van der Waals surface area contributed by atoms with Gasteiger partial charge in [0.05, 0.1) is 0 Å². The van der Waals surface area contributed by atoms with Gasteiger partial charge in [-0.1, -0.05) is 12.1 Å². The van der Waals surface area contributed by atoms with Gasteiger partial charge in [-0.05, 0) is 94.4 Å². The van der Waals surface area contributed by atoms with Crippen LogP contribution in [0.2, 0.25) is 0 Å². The van der Waals surface area contributed by atoms with E-state index >= 15 is 0 Å². The van der Waals surface area contributed by atoms with Gasteiger partial charge in [0.1, 0.15) is 0 Å². The number of hydrogen-bond donors (Lipinski definition) is 0. The van der Waals surface area contributed by atoms with Gasteiger partial charge in [0.25, 0.3) is 0 Å². The topological polar surface area (TPSA) is 17.1 Å². The smallest absolute Gasteiger partial charge is 0.193 e. The van der Waals surface area contributed by atoms with Crippen molar-refractivity contribution in [3.8, 4) is 0 Å². The number of aryl methyl sites for hydroxylation is 2. The van der Waals surface area contributed by atoms with Crippen molar-refractivity contribution in [2.75, 3.05) is 0 Å². The van der Waals surface area contributed by atoms with Crippen molar-refractivity contribution < 1.29 is 4.79 Å². The minimum absolute atomic E-state index is 0.113. The fourth-order valence-corrected chi connectivity index (χ4v) is 2.81. The van der Waals surface area contributed by atoms with Crippen LogP contribution in [-0.4, -0.2) is 5.78 Å². The van der Waals surface area contributed by atoms with Crippen LogP contribution in [0, 0.1) is 21.0 Å². The summed E-state index contributed by atoms with van der Waals surface area (Å²) in [5, 5.41) is 0. The van der Waals surface area contributed by atoms with Crippen LogP contribution in [0.15, 0.2) is 36.4 Å². The number of rotatable bonds is 2. The lowest BCUT2D eigenvalue weighted by Gasteiger charge is -2.09. The molecule has 0 unspecified atom stereocenters. The molecule has 0 fully saturated rings. The maximum absolute atomic E-state index is 12.6. The molecule has 1 nitrogen and oxygen atoms in total. The van der Waals surface area contributed by atoms with Gasteiger partial charge >= 0.3 is 0 Å². The van der Waals surface area contributed by atoms with E-state index in [9.17, 15) is 4.79 Å². The second-order valence-corrected chi connectivity index (χ2v) is 6.74. The summed E-state index contributed by atoms with van der Waals surface area (Å²) in [6, 6.07) is 12.0. The van der Waals surface area contributed by atoms with E-state index in [4.69, 9.17) is 0 Å². The third-order valence-corrected chi connectivity index (χ3v) is 4.23. The molecule has 2 rings (SSSR count). The van der Waals surface area contributed by atoms with Crippen LogP contribution in [0.25, 0.3) is 0 Å². The molecule has 0 N–H and O–H groups in total. The van der Waals surface area contributed by atoms with Crippen LogP contribution in [-0.2, 0) is 0 Å². The summed E-state index contributed by atoms with van der Waals surface area (Å²) in [5.41, 5.74) is 3.65. The predicted octanol–water partition coefficient (Wildman–Crippen LogP) is 4.74. The zero-order valence-corrected chi connectivity index (χ0v) is 14.4. The number of carbonyl (C=O) groups excluding carboxylic acids is 1. The number of halogens is 2. The van der Waals surface area contributed by atoms with Crippen LogP contribution in [0.1, 0.15) is 27.0 Å². The predicted molar refractivity (Wildman–Crippen MR) is 91.2 cm³/mol. The molecule has 0 aromatic heterocycles. The fourth-order valence-electron chi connectivity index (χ4n) is 1.82. The largest absolute Gasteiger partial charge is 0.289 e. The maximum Gasteiger partial charge on any atom is 0.193 e. The Hall–Kier alpha value is -0.430. The molecule has 18 heavy (non-hydrogen) atoms. The first-order chi connectivity index (χ1) is 8.49. The van der Waals surface area contributed by atoms with E-state index in [1.165, 1.54) is 0 Å². The molecule has 2 aromatic carbocycles. The lowest BCUT2D eigenvalue weighted by atomic mass is 9.96. The summed E-state index contributed by atoms with van der Waals surface area (Å²) in [6.45, 7) is 3.96. The van der Waals surface area contributed by atoms with Crippen LogP contribution >= 0.6 is 45.2 Å². The van der Waals surface area contributed by atoms with Gasteiger partial charge < -0.3 is 0 Å². The number of hydrogen-bond acceptors (Lipinski definition) is 1. The Morgan fingerprint density at radius 1 is 0.833 bits per heavy atom. The SMILES string of the molecule is Cc1ccc(I)cc1C(=O)c1cc(I)ccc1C. The average molecular weight is 462 g/mol. The summed E-state index contributed by atoms with van der Waals surface area (Å²) in [4.78, 5) is 12.6. The highest BCUT2D eigenvalue weighted by Gasteiger charge is 2.14. The van der Waals surface area contributed by atoms with Crippen molar-refractivity contribution in [2.24, 2.45) is 0 Å². The molecular weight excluding hydrogens is 450 g/mol. The van der Waals surface area contributed by atoms with Gasteiger partial charge in [-0.2, -0.15) is 0 Å². The lowest BCUT2D eigenvalue weighted by Crippen LogP contribution is -2.06.